The molecule has 446 valence electrons. The highest BCUT2D eigenvalue weighted by Gasteiger charge is 2.32. The quantitative estimate of drug-likeness (QED) is 0.0523. The summed E-state index contributed by atoms with van der Waals surface area (Å²) in [5.74, 6) is -5.72. The van der Waals surface area contributed by atoms with Gasteiger partial charge < -0.3 is 18.3 Å². The van der Waals surface area contributed by atoms with Crippen LogP contribution < -0.4 is 0 Å². The Morgan fingerprint density at radius 1 is 0.539 bits per heavy atom. The minimum atomic E-state index is -1.61. The van der Waals surface area contributed by atoms with Crippen molar-refractivity contribution in [3.05, 3.63) is 215 Å². The van der Waals surface area contributed by atoms with Crippen molar-refractivity contribution in [1.82, 2.24) is 74.7 Å². The summed E-state index contributed by atoms with van der Waals surface area (Å²) in [6, 6.07) is 32.4. The Bertz CT molecular complexity index is 4540. The highest BCUT2D eigenvalue weighted by molar-refractivity contribution is 6.29. The average Bonchev–Trinajstić information content (AvgIpc) is 2.02. The molecule has 0 fully saturated rings. The molecule has 29 heteroatoms. The van der Waals surface area contributed by atoms with E-state index in [1.807, 2.05) is 6.07 Å². The van der Waals surface area contributed by atoms with Crippen LogP contribution >= 0.6 is 11.6 Å². The molecule has 0 radical (unpaired) electrons. The van der Waals surface area contributed by atoms with Crippen LogP contribution in [0.1, 0.15) is 54.8 Å². The van der Waals surface area contributed by atoms with Crippen molar-refractivity contribution in [1.29, 1.82) is 10.5 Å². The van der Waals surface area contributed by atoms with E-state index in [9.17, 15) is 36.4 Å². The first-order valence-corrected chi connectivity index (χ1v) is 26.7. The summed E-state index contributed by atoms with van der Waals surface area (Å²) >= 11 is 5.72. The number of esters is 1. The highest BCUT2D eigenvalue weighted by atomic mass is 35.5. The van der Waals surface area contributed by atoms with Crippen molar-refractivity contribution >= 4 is 17.6 Å². The second kappa shape index (κ2) is 26.8. The number of carbonyl (C=O) groups is 1. The number of aromatic nitrogens is 15. The fourth-order valence-corrected chi connectivity index (χ4v) is 8.57. The largest absolute Gasteiger partial charge is 0.459 e. The van der Waals surface area contributed by atoms with Crippen molar-refractivity contribution in [3.8, 4) is 80.9 Å². The minimum absolute atomic E-state index is 0.0147. The van der Waals surface area contributed by atoms with Gasteiger partial charge in [-0.1, -0.05) is 81.7 Å². The predicted molar refractivity (Wildman–Crippen MR) is 301 cm³/mol. The SMILES string of the molecule is CC(C)(C)OC(=O)C(C#N)c1nc(-c2cc(-c3ccon3)n(Cc3ccccc3F)n2)ncc1F.Fc1ccccc1Cn1nc(-c2ncc(F)c(Cl)n2)cc1-c1ccon1.N#CCc1nc(-c2cc(-c3ccon3)n(Cc3ccccc3F)n2)ncc1F. The fraction of sp³-hybridized carbons (Fsp3) is 0.150. The Morgan fingerprint density at radius 3 is 1.30 bits per heavy atom. The summed E-state index contributed by atoms with van der Waals surface area (Å²) in [5, 5.41) is 43.1. The summed E-state index contributed by atoms with van der Waals surface area (Å²) in [6.45, 7) is 5.25. The van der Waals surface area contributed by atoms with E-state index in [-0.39, 0.29) is 71.7 Å². The van der Waals surface area contributed by atoms with Crippen LogP contribution in [-0.4, -0.2) is 86.3 Å². The van der Waals surface area contributed by atoms with E-state index >= 15 is 0 Å². The number of nitriles is 2. The Labute approximate surface area is 504 Å². The Hall–Kier alpha value is -11.5. The van der Waals surface area contributed by atoms with Crippen molar-refractivity contribution in [2.75, 3.05) is 0 Å². The maximum absolute atomic E-state index is 14.6. The molecule has 9 heterocycles. The van der Waals surface area contributed by atoms with Crippen molar-refractivity contribution in [2.45, 2.75) is 58.3 Å². The number of benzene rings is 3. The summed E-state index contributed by atoms with van der Waals surface area (Å²) < 4.78 is 109. The van der Waals surface area contributed by atoms with Crippen LogP contribution in [0, 0.1) is 57.6 Å². The van der Waals surface area contributed by atoms with Crippen molar-refractivity contribution < 1.29 is 49.4 Å². The van der Waals surface area contributed by atoms with Gasteiger partial charge in [0.2, 0.25) is 0 Å². The van der Waals surface area contributed by atoms with Crippen LogP contribution in [0.2, 0.25) is 5.15 Å². The number of hydrogen-bond acceptors (Lipinski definition) is 19. The van der Waals surface area contributed by atoms with Crippen LogP contribution in [0.5, 0.6) is 0 Å². The molecular formula is C60H42ClF6N17O5. The first-order valence-electron chi connectivity index (χ1n) is 26.3. The van der Waals surface area contributed by atoms with Crippen LogP contribution in [0.15, 0.2) is 160 Å². The van der Waals surface area contributed by atoms with Gasteiger partial charge in [0, 0.05) is 34.9 Å². The monoisotopic (exact) mass is 1230 g/mol. The molecule has 0 aliphatic rings. The Balaban J connectivity index is 0.000000149. The molecule has 1 unspecified atom stereocenters. The van der Waals surface area contributed by atoms with Crippen LogP contribution in [-0.2, 0) is 35.6 Å². The highest BCUT2D eigenvalue weighted by Crippen LogP contribution is 2.30. The van der Waals surface area contributed by atoms with E-state index in [1.165, 1.54) is 41.7 Å². The molecule has 89 heavy (non-hydrogen) atoms. The zero-order valence-corrected chi connectivity index (χ0v) is 47.3. The molecule has 22 nitrogen and oxygen atoms in total. The third-order valence-electron chi connectivity index (χ3n) is 12.5. The van der Waals surface area contributed by atoms with Crippen molar-refractivity contribution in [3.63, 3.8) is 0 Å². The minimum Gasteiger partial charge on any atom is -0.459 e. The molecule has 0 saturated heterocycles. The lowest BCUT2D eigenvalue weighted by atomic mass is 10.1. The van der Waals surface area contributed by atoms with Gasteiger partial charge in [-0.05, 0) is 57.2 Å². The topological polar surface area (TPSA) is 283 Å². The van der Waals surface area contributed by atoms with E-state index in [1.54, 1.807) is 127 Å². The Kier molecular flexibility index (Phi) is 18.3. The summed E-state index contributed by atoms with van der Waals surface area (Å²) in [4.78, 5) is 36.4. The standard InChI is InChI=1S/C24H20F2N6O3.C19H12F2N6O.C17H10ClF2N5O/c1-24(2,3)35-23(33)15(11-27)21-17(26)12-28-22(29-21)19-10-20(18-8-9-34-31-18)32(30-19)13-14-6-4-5-7-16(14)25;20-13-4-2-1-3-12(13)11-27-18(16-6-8-28-26-16)9-17(25-27)19-23-10-14(21)15(24-19)5-7-22;18-16-12(20)8-21-17(22-16)14-7-15(13-5-6-26-24-13)25(23-14)9-10-3-1-2-4-11(10)19/h4-10,12,15H,13H2,1-3H3;1-4,6,8-10H,5,11H2;1-8H,9H2. The van der Waals surface area contributed by atoms with Gasteiger partial charge in [-0.3, -0.25) is 18.8 Å². The fourth-order valence-electron chi connectivity index (χ4n) is 8.44. The molecule has 12 aromatic rings. The molecule has 12 rings (SSSR count). The van der Waals surface area contributed by atoms with Gasteiger partial charge in [0.25, 0.3) is 0 Å². The number of rotatable bonds is 15. The lowest BCUT2D eigenvalue weighted by Crippen LogP contribution is -2.28. The number of hydrogen-bond donors (Lipinski definition) is 0. The zero-order chi connectivity index (χ0) is 62.8. The van der Waals surface area contributed by atoms with Crippen LogP contribution in [0.3, 0.4) is 0 Å². The normalized spacial score (nSPS) is 11.4. The lowest BCUT2D eigenvalue weighted by Gasteiger charge is -2.21. The van der Waals surface area contributed by atoms with E-state index < -0.39 is 46.5 Å². The second-order valence-electron chi connectivity index (χ2n) is 19.8. The number of halogens is 7. The second-order valence-corrected chi connectivity index (χ2v) is 20.2. The predicted octanol–water partition coefficient (Wildman–Crippen LogP) is 11.6. The number of nitrogens with zero attached hydrogens (tertiary/aromatic N) is 17. The van der Waals surface area contributed by atoms with E-state index in [2.05, 4.69) is 60.7 Å². The van der Waals surface area contributed by atoms with Crippen molar-refractivity contribution in [2.24, 2.45) is 0 Å². The zero-order valence-electron chi connectivity index (χ0n) is 46.6. The summed E-state index contributed by atoms with van der Waals surface area (Å²) in [6.07, 6.45) is 6.85. The van der Waals surface area contributed by atoms with Gasteiger partial charge in [-0.2, -0.15) is 25.8 Å². The third kappa shape index (κ3) is 14.4. The summed E-state index contributed by atoms with van der Waals surface area (Å²) in [7, 11) is 0. The molecule has 0 amide bonds. The lowest BCUT2D eigenvalue weighted by molar-refractivity contribution is -0.155. The maximum Gasteiger partial charge on any atom is 0.330 e. The molecule has 0 aliphatic carbocycles. The van der Waals surface area contributed by atoms with Gasteiger partial charge in [0.15, 0.2) is 46.0 Å². The average molecular weight is 1230 g/mol. The molecule has 0 saturated carbocycles. The van der Waals surface area contributed by atoms with Gasteiger partial charge in [0.05, 0.1) is 79.6 Å². The molecule has 9 aromatic heterocycles. The summed E-state index contributed by atoms with van der Waals surface area (Å²) in [5.41, 5.74) is 3.84. The van der Waals surface area contributed by atoms with Gasteiger partial charge in [-0.25, -0.2) is 56.2 Å². The van der Waals surface area contributed by atoms with Gasteiger partial charge in [0.1, 0.15) is 81.7 Å². The third-order valence-corrected chi connectivity index (χ3v) is 12.8. The van der Waals surface area contributed by atoms with E-state index in [4.69, 9.17) is 35.2 Å². The number of carbonyl (C=O) groups excluding carboxylic acids is 1. The maximum atomic E-state index is 14.6. The number of ether oxygens (including phenoxy) is 1. The molecule has 0 N–H and O–H groups in total. The van der Waals surface area contributed by atoms with Gasteiger partial charge >= 0.3 is 5.97 Å². The van der Waals surface area contributed by atoms with E-state index in [0.29, 0.717) is 62.2 Å². The smallest absolute Gasteiger partial charge is 0.330 e. The Morgan fingerprint density at radius 2 is 0.933 bits per heavy atom. The first kappa shape index (κ1) is 60.6. The molecule has 0 bridgehead atoms. The molecule has 0 aliphatic heterocycles. The molecular weight excluding hydrogens is 1190 g/mol. The first-order chi connectivity index (χ1) is 42.9. The van der Waals surface area contributed by atoms with E-state index in [0.717, 1.165) is 18.6 Å². The van der Waals surface area contributed by atoms with Crippen LogP contribution in [0.25, 0.3) is 68.7 Å². The molecule has 1 atom stereocenters. The van der Waals surface area contributed by atoms with Gasteiger partial charge in [-0.15, -0.1) is 0 Å². The molecule has 0 spiro atoms. The molecule has 3 aromatic carbocycles. The van der Waals surface area contributed by atoms with Crippen LogP contribution in [0.4, 0.5) is 26.3 Å².